The van der Waals surface area contributed by atoms with Crippen molar-refractivity contribution < 1.29 is 19.0 Å². The van der Waals surface area contributed by atoms with E-state index in [9.17, 15) is 4.79 Å². The van der Waals surface area contributed by atoms with Crippen LogP contribution in [0.2, 0.25) is 0 Å². The Balaban J connectivity index is 2.14. The minimum Gasteiger partial charge on any atom is -0.493 e. The molecule has 1 amide bonds. The van der Waals surface area contributed by atoms with E-state index in [-0.39, 0.29) is 0 Å². The first-order valence-corrected chi connectivity index (χ1v) is 7.26. The Kier molecular flexibility index (Phi) is 5.96. The second-order valence-corrected chi connectivity index (χ2v) is 4.85. The molecule has 0 saturated heterocycles. The van der Waals surface area contributed by atoms with Gasteiger partial charge < -0.3 is 14.2 Å². The minimum atomic E-state index is -0.427. The van der Waals surface area contributed by atoms with Crippen molar-refractivity contribution in [3.05, 3.63) is 53.1 Å². The monoisotopic (exact) mass is 339 g/mol. The molecule has 128 valence electrons. The highest BCUT2D eigenvalue weighted by Gasteiger charge is 2.16. The molecule has 0 radical (unpaired) electrons. The second-order valence-electron chi connectivity index (χ2n) is 4.85. The molecule has 0 saturated carbocycles. The second kappa shape index (κ2) is 8.36. The highest BCUT2D eigenvalue weighted by atomic mass is 16.5. The summed E-state index contributed by atoms with van der Waals surface area (Å²) in [6.45, 7) is 0. The van der Waals surface area contributed by atoms with E-state index in [1.165, 1.54) is 39.7 Å². The molecular formula is C18H17N3O4. The maximum atomic E-state index is 12.3. The van der Waals surface area contributed by atoms with E-state index in [1.807, 2.05) is 6.07 Å². The molecule has 0 spiro atoms. The molecule has 7 nitrogen and oxygen atoms in total. The van der Waals surface area contributed by atoms with E-state index in [2.05, 4.69) is 10.5 Å². The predicted octanol–water partition coefficient (Wildman–Crippen LogP) is 2.35. The summed E-state index contributed by atoms with van der Waals surface area (Å²) >= 11 is 0. The summed E-state index contributed by atoms with van der Waals surface area (Å²) in [7, 11) is 4.44. The van der Waals surface area contributed by atoms with Crippen LogP contribution in [-0.2, 0) is 0 Å². The van der Waals surface area contributed by atoms with Gasteiger partial charge in [0.15, 0.2) is 11.5 Å². The van der Waals surface area contributed by atoms with Gasteiger partial charge in [-0.25, -0.2) is 5.43 Å². The van der Waals surface area contributed by atoms with Gasteiger partial charge in [-0.1, -0.05) is 12.1 Å². The normalized spacial score (nSPS) is 10.2. The first-order valence-electron chi connectivity index (χ1n) is 7.26. The lowest BCUT2D eigenvalue weighted by atomic mass is 10.1. The number of rotatable bonds is 6. The van der Waals surface area contributed by atoms with Crippen molar-refractivity contribution in [3.8, 4) is 23.3 Å². The molecule has 1 N–H and O–H groups in total. The Hall–Kier alpha value is -3.53. The van der Waals surface area contributed by atoms with Crippen molar-refractivity contribution in [2.75, 3.05) is 21.3 Å². The molecule has 0 unspecified atom stereocenters. The van der Waals surface area contributed by atoms with E-state index >= 15 is 0 Å². The van der Waals surface area contributed by atoms with E-state index in [0.717, 1.165) is 5.56 Å². The van der Waals surface area contributed by atoms with Crippen molar-refractivity contribution in [1.29, 1.82) is 5.26 Å². The van der Waals surface area contributed by atoms with Crippen molar-refractivity contribution >= 4 is 12.1 Å². The highest BCUT2D eigenvalue weighted by molar-refractivity contribution is 5.96. The lowest BCUT2D eigenvalue weighted by molar-refractivity contribution is 0.0954. The third kappa shape index (κ3) is 4.26. The van der Waals surface area contributed by atoms with Gasteiger partial charge in [-0.05, 0) is 29.8 Å². The number of ether oxygens (including phenoxy) is 3. The number of benzene rings is 2. The zero-order valence-corrected chi connectivity index (χ0v) is 14.1. The molecular weight excluding hydrogens is 322 g/mol. The predicted molar refractivity (Wildman–Crippen MR) is 92.3 cm³/mol. The lowest BCUT2D eigenvalue weighted by Crippen LogP contribution is -2.18. The van der Waals surface area contributed by atoms with Crippen LogP contribution in [0.25, 0.3) is 0 Å². The van der Waals surface area contributed by atoms with Crippen LogP contribution in [0.3, 0.4) is 0 Å². The van der Waals surface area contributed by atoms with Crippen LogP contribution >= 0.6 is 0 Å². The summed E-state index contributed by atoms with van der Waals surface area (Å²) in [6, 6.07) is 11.9. The maximum absolute atomic E-state index is 12.3. The number of hydrazone groups is 1. The number of carbonyl (C=O) groups is 1. The van der Waals surface area contributed by atoms with Gasteiger partial charge in [0.1, 0.15) is 0 Å². The molecule has 0 aliphatic rings. The highest BCUT2D eigenvalue weighted by Crippen LogP contribution is 2.38. The van der Waals surface area contributed by atoms with Crippen LogP contribution in [0.15, 0.2) is 41.5 Å². The Morgan fingerprint density at radius 3 is 2.16 bits per heavy atom. The molecule has 0 aromatic heterocycles. The zero-order valence-electron chi connectivity index (χ0n) is 14.1. The van der Waals surface area contributed by atoms with Crippen LogP contribution < -0.4 is 19.6 Å². The van der Waals surface area contributed by atoms with Crippen LogP contribution in [0, 0.1) is 11.3 Å². The van der Waals surface area contributed by atoms with Gasteiger partial charge in [-0.15, -0.1) is 0 Å². The third-order valence-corrected chi connectivity index (χ3v) is 3.35. The van der Waals surface area contributed by atoms with Crippen LogP contribution in [0.1, 0.15) is 21.5 Å². The van der Waals surface area contributed by atoms with Crippen LogP contribution in [-0.4, -0.2) is 33.5 Å². The van der Waals surface area contributed by atoms with Gasteiger partial charge in [-0.2, -0.15) is 10.4 Å². The first kappa shape index (κ1) is 17.8. The van der Waals surface area contributed by atoms with E-state index in [0.29, 0.717) is 28.4 Å². The smallest absolute Gasteiger partial charge is 0.271 e. The third-order valence-electron chi connectivity index (χ3n) is 3.35. The fraction of sp³-hybridized carbons (Fsp3) is 0.167. The lowest BCUT2D eigenvalue weighted by Gasteiger charge is -2.13. The van der Waals surface area contributed by atoms with Gasteiger partial charge in [0.05, 0.1) is 39.2 Å². The molecule has 25 heavy (non-hydrogen) atoms. The Morgan fingerprint density at radius 1 is 1.08 bits per heavy atom. The number of methoxy groups -OCH3 is 3. The summed E-state index contributed by atoms with van der Waals surface area (Å²) < 4.78 is 15.6. The van der Waals surface area contributed by atoms with Gasteiger partial charge in [-0.3, -0.25) is 4.79 Å². The van der Waals surface area contributed by atoms with E-state index in [1.54, 1.807) is 24.3 Å². The van der Waals surface area contributed by atoms with Gasteiger partial charge in [0.25, 0.3) is 5.91 Å². The number of nitriles is 1. The molecule has 2 aromatic carbocycles. The molecule has 0 aliphatic carbocycles. The van der Waals surface area contributed by atoms with Crippen LogP contribution in [0.4, 0.5) is 0 Å². The minimum absolute atomic E-state index is 0.312. The average molecular weight is 339 g/mol. The number of nitrogens with one attached hydrogen (secondary N) is 1. The SMILES string of the molecule is COc1cc(C(=O)N/N=C\c2ccc(C#N)cc2)cc(OC)c1OC. The summed E-state index contributed by atoms with van der Waals surface area (Å²) in [5, 5.41) is 12.7. The molecule has 0 heterocycles. The molecule has 0 fully saturated rings. The zero-order chi connectivity index (χ0) is 18.2. The fourth-order valence-electron chi connectivity index (χ4n) is 2.09. The fourth-order valence-corrected chi connectivity index (χ4v) is 2.09. The number of hydrogen-bond acceptors (Lipinski definition) is 6. The largest absolute Gasteiger partial charge is 0.493 e. The molecule has 0 bridgehead atoms. The molecule has 7 heteroatoms. The Bertz CT molecular complexity index is 798. The molecule has 2 rings (SSSR count). The quantitative estimate of drug-likeness (QED) is 0.644. The van der Waals surface area contributed by atoms with E-state index in [4.69, 9.17) is 19.5 Å². The summed E-state index contributed by atoms with van der Waals surface area (Å²) in [5.41, 5.74) is 4.05. The number of amides is 1. The van der Waals surface area contributed by atoms with Crippen molar-refractivity contribution in [2.24, 2.45) is 5.10 Å². The maximum Gasteiger partial charge on any atom is 0.271 e. The van der Waals surface area contributed by atoms with Crippen molar-refractivity contribution in [1.82, 2.24) is 5.43 Å². The van der Waals surface area contributed by atoms with Gasteiger partial charge in [0, 0.05) is 5.56 Å². The van der Waals surface area contributed by atoms with Crippen molar-refractivity contribution in [2.45, 2.75) is 0 Å². The summed E-state index contributed by atoms with van der Waals surface area (Å²) in [4.78, 5) is 12.3. The van der Waals surface area contributed by atoms with Gasteiger partial charge >= 0.3 is 0 Å². The van der Waals surface area contributed by atoms with E-state index < -0.39 is 5.91 Å². The number of carbonyl (C=O) groups excluding carboxylic acids is 1. The van der Waals surface area contributed by atoms with Crippen molar-refractivity contribution in [3.63, 3.8) is 0 Å². The summed E-state index contributed by atoms with van der Waals surface area (Å²) in [6.07, 6.45) is 1.48. The Morgan fingerprint density at radius 2 is 1.68 bits per heavy atom. The standard InChI is InChI=1S/C18H17N3O4/c1-23-15-8-14(9-16(24-2)17(15)25-3)18(22)21-20-11-13-6-4-12(10-19)5-7-13/h4-9,11H,1-3H3,(H,21,22)/b20-11-. The number of nitrogens with zero attached hydrogens (tertiary/aromatic N) is 2. The first-order chi connectivity index (χ1) is 12.1. The average Bonchev–Trinajstić information content (AvgIpc) is 2.67. The summed E-state index contributed by atoms with van der Waals surface area (Å²) in [5.74, 6) is 0.734. The molecule has 2 aromatic rings. The number of hydrogen-bond donors (Lipinski definition) is 1. The topological polar surface area (TPSA) is 92.9 Å². The van der Waals surface area contributed by atoms with Gasteiger partial charge in [0.2, 0.25) is 5.75 Å². The Labute approximate surface area is 145 Å². The van der Waals surface area contributed by atoms with Crippen LogP contribution in [0.5, 0.6) is 17.2 Å². The molecule has 0 aliphatic heterocycles. The molecule has 0 atom stereocenters.